The maximum absolute atomic E-state index is 9.95. The van der Waals surface area contributed by atoms with E-state index in [1.165, 1.54) is 0 Å². The van der Waals surface area contributed by atoms with Gasteiger partial charge >= 0.3 is 0 Å². The summed E-state index contributed by atoms with van der Waals surface area (Å²) in [5.41, 5.74) is -0.156. The molecule has 0 spiro atoms. The highest BCUT2D eigenvalue weighted by atomic mass is 35.5. The molecule has 3 unspecified atom stereocenters. The van der Waals surface area contributed by atoms with Crippen LogP contribution >= 0.6 is 23.2 Å². The highest BCUT2D eigenvalue weighted by Crippen LogP contribution is 2.40. The van der Waals surface area contributed by atoms with Crippen LogP contribution in [0.2, 0.25) is 10.0 Å². The first-order chi connectivity index (χ1) is 9.80. The molecule has 2 rings (SSSR count). The summed E-state index contributed by atoms with van der Waals surface area (Å²) in [7, 11) is 0. The van der Waals surface area contributed by atoms with E-state index in [1.807, 2.05) is 13.8 Å². The lowest BCUT2D eigenvalue weighted by molar-refractivity contribution is -0.0755. The predicted octanol–water partition coefficient (Wildman–Crippen LogP) is 2.48. The van der Waals surface area contributed by atoms with E-state index >= 15 is 0 Å². The van der Waals surface area contributed by atoms with Crippen LogP contribution in [0.3, 0.4) is 0 Å². The number of hydrogen-bond donors (Lipinski definition) is 3. The molecule has 118 valence electrons. The second kappa shape index (κ2) is 6.71. The summed E-state index contributed by atoms with van der Waals surface area (Å²) in [6, 6.07) is 5.16. The molecule has 0 saturated heterocycles. The quantitative estimate of drug-likeness (QED) is 0.748. The Kier molecular flexibility index (Phi) is 5.38. The number of aliphatic hydroxyl groups is 2. The Bertz CT molecular complexity index is 496. The minimum atomic E-state index is -0.659. The Balaban J connectivity index is 1.75. The maximum atomic E-state index is 9.95. The van der Waals surface area contributed by atoms with Crippen molar-refractivity contribution >= 4 is 23.2 Å². The lowest BCUT2D eigenvalue weighted by Gasteiger charge is -2.49. The van der Waals surface area contributed by atoms with E-state index in [2.05, 4.69) is 5.32 Å². The van der Waals surface area contributed by atoms with Gasteiger partial charge in [-0.3, -0.25) is 0 Å². The molecule has 0 amide bonds. The summed E-state index contributed by atoms with van der Waals surface area (Å²) in [6.07, 6.45) is -0.233. The highest BCUT2D eigenvalue weighted by molar-refractivity contribution is 6.34. The number of ether oxygens (including phenoxy) is 1. The third-order valence-electron chi connectivity index (χ3n) is 4.14. The maximum Gasteiger partial charge on any atom is 0.139 e. The van der Waals surface area contributed by atoms with Crippen molar-refractivity contribution in [1.29, 1.82) is 0 Å². The minimum Gasteiger partial charge on any atom is -0.489 e. The Hall–Kier alpha value is -0.520. The van der Waals surface area contributed by atoms with Crippen molar-refractivity contribution in [3.63, 3.8) is 0 Å². The van der Waals surface area contributed by atoms with Crippen LogP contribution in [0.25, 0.3) is 0 Å². The topological polar surface area (TPSA) is 61.7 Å². The lowest BCUT2D eigenvalue weighted by atomic mass is 9.64. The molecule has 1 saturated carbocycles. The summed E-state index contributed by atoms with van der Waals surface area (Å²) in [6.45, 7) is 4.54. The SMILES string of the molecule is CC1(C)C(O)CC1NCC(O)COc1cc(Cl)ccc1Cl. The number of nitrogens with one attached hydrogen (secondary N) is 1. The van der Waals surface area contributed by atoms with Crippen LogP contribution < -0.4 is 10.1 Å². The van der Waals surface area contributed by atoms with E-state index in [-0.39, 0.29) is 24.2 Å². The fraction of sp³-hybridized carbons (Fsp3) is 0.600. The minimum absolute atomic E-state index is 0.128. The third kappa shape index (κ3) is 4.02. The van der Waals surface area contributed by atoms with Gasteiger partial charge in [-0.2, -0.15) is 0 Å². The van der Waals surface area contributed by atoms with Gasteiger partial charge in [-0.1, -0.05) is 37.0 Å². The summed E-state index contributed by atoms with van der Waals surface area (Å²) in [5, 5.41) is 23.9. The number of aliphatic hydroxyl groups excluding tert-OH is 2. The van der Waals surface area contributed by atoms with E-state index in [0.717, 1.165) is 0 Å². The number of rotatable bonds is 6. The largest absolute Gasteiger partial charge is 0.489 e. The molecule has 1 aromatic carbocycles. The molecule has 3 atom stereocenters. The molecule has 1 aliphatic carbocycles. The standard InChI is InChI=1S/C15H21Cl2NO3/c1-15(2)13(6-14(15)20)18-7-10(19)8-21-12-5-9(16)3-4-11(12)17/h3-5,10,13-14,18-20H,6-8H2,1-2H3. The normalized spacial score (nSPS) is 25.2. The first-order valence-corrected chi connectivity index (χ1v) is 7.73. The summed E-state index contributed by atoms with van der Waals surface area (Å²) < 4.78 is 5.48. The van der Waals surface area contributed by atoms with Gasteiger partial charge in [-0.05, 0) is 18.6 Å². The Labute approximate surface area is 135 Å². The van der Waals surface area contributed by atoms with Gasteiger partial charge in [0.2, 0.25) is 0 Å². The van der Waals surface area contributed by atoms with Crippen LogP contribution in [0.4, 0.5) is 0 Å². The van der Waals surface area contributed by atoms with Crippen molar-refractivity contribution in [3.8, 4) is 5.75 Å². The molecule has 0 radical (unpaired) electrons. The van der Waals surface area contributed by atoms with Gasteiger partial charge in [-0.15, -0.1) is 0 Å². The van der Waals surface area contributed by atoms with E-state index in [4.69, 9.17) is 27.9 Å². The molecule has 3 N–H and O–H groups in total. The Morgan fingerprint density at radius 2 is 2.14 bits per heavy atom. The Morgan fingerprint density at radius 3 is 2.76 bits per heavy atom. The van der Waals surface area contributed by atoms with Crippen molar-refractivity contribution in [2.24, 2.45) is 5.41 Å². The first kappa shape index (κ1) is 16.8. The van der Waals surface area contributed by atoms with Crippen LogP contribution in [-0.4, -0.2) is 41.6 Å². The van der Waals surface area contributed by atoms with Gasteiger partial charge in [-0.25, -0.2) is 0 Å². The van der Waals surface area contributed by atoms with Crippen molar-refractivity contribution in [3.05, 3.63) is 28.2 Å². The smallest absolute Gasteiger partial charge is 0.139 e. The van der Waals surface area contributed by atoms with Crippen LogP contribution in [0.1, 0.15) is 20.3 Å². The summed E-state index contributed by atoms with van der Waals surface area (Å²) in [5.74, 6) is 0.461. The average Bonchev–Trinajstić information content (AvgIpc) is 2.44. The molecule has 0 aromatic heterocycles. The zero-order chi connectivity index (χ0) is 15.6. The van der Waals surface area contributed by atoms with Gasteiger partial charge < -0.3 is 20.3 Å². The summed E-state index contributed by atoms with van der Waals surface area (Å²) >= 11 is 11.9. The first-order valence-electron chi connectivity index (χ1n) is 6.98. The average molecular weight is 334 g/mol. The zero-order valence-electron chi connectivity index (χ0n) is 12.1. The predicted molar refractivity (Wildman–Crippen MR) is 84.2 cm³/mol. The van der Waals surface area contributed by atoms with Crippen molar-refractivity contribution in [2.45, 2.75) is 38.5 Å². The van der Waals surface area contributed by atoms with Gasteiger partial charge in [0.25, 0.3) is 0 Å². The van der Waals surface area contributed by atoms with Gasteiger partial charge in [0.15, 0.2) is 0 Å². The second-order valence-corrected chi connectivity index (χ2v) is 6.92. The fourth-order valence-corrected chi connectivity index (χ4v) is 2.69. The van der Waals surface area contributed by atoms with Gasteiger partial charge in [0.1, 0.15) is 18.5 Å². The van der Waals surface area contributed by atoms with E-state index < -0.39 is 6.10 Å². The highest BCUT2D eigenvalue weighted by Gasteiger charge is 2.46. The molecule has 1 fully saturated rings. The van der Waals surface area contributed by atoms with Crippen molar-refractivity contribution < 1.29 is 14.9 Å². The molecule has 6 heteroatoms. The molecule has 0 aliphatic heterocycles. The lowest BCUT2D eigenvalue weighted by Crippen LogP contribution is -2.61. The number of hydrogen-bond acceptors (Lipinski definition) is 4. The number of halogens is 2. The van der Waals surface area contributed by atoms with Crippen LogP contribution in [0.15, 0.2) is 18.2 Å². The van der Waals surface area contributed by atoms with E-state index in [1.54, 1.807) is 18.2 Å². The second-order valence-electron chi connectivity index (χ2n) is 6.07. The monoisotopic (exact) mass is 333 g/mol. The van der Waals surface area contributed by atoms with Crippen molar-refractivity contribution in [2.75, 3.05) is 13.2 Å². The van der Waals surface area contributed by atoms with Crippen LogP contribution in [0, 0.1) is 5.41 Å². The van der Waals surface area contributed by atoms with E-state index in [9.17, 15) is 10.2 Å². The van der Waals surface area contributed by atoms with Crippen LogP contribution in [0.5, 0.6) is 5.75 Å². The van der Waals surface area contributed by atoms with Gasteiger partial charge in [0, 0.05) is 29.1 Å². The Morgan fingerprint density at radius 1 is 1.43 bits per heavy atom. The fourth-order valence-electron chi connectivity index (χ4n) is 2.36. The molecular formula is C15H21Cl2NO3. The molecular weight excluding hydrogens is 313 g/mol. The van der Waals surface area contributed by atoms with E-state index in [0.29, 0.717) is 28.8 Å². The molecule has 0 heterocycles. The molecule has 1 aliphatic rings. The van der Waals surface area contributed by atoms with Gasteiger partial charge in [0.05, 0.1) is 11.1 Å². The molecule has 21 heavy (non-hydrogen) atoms. The zero-order valence-corrected chi connectivity index (χ0v) is 13.7. The molecule has 0 bridgehead atoms. The summed E-state index contributed by atoms with van der Waals surface area (Å²) in [4.78, 5) is 0. The third-order valence-corrected chi connectivity index (χ3v) is 4.69. The van der Waals surface area contributed by atoms with Crippen molar-refractivity contribution in [1.82, 2.24) is 5.32 Å². The molecule has 4 nitrogen and oxygen atoms in total. The molecule has 1 aromatic rings. The van der Waals surface area contributed by atoms with Crippen LogP contribution in [-0.2, 0) is 0 Å². The number of benzene rings is 1.